The van der Waals surface area contributed by atoms with Gasteiger partial charge in [-0.2, -0.15) is 4.31 Å². The summed E-state index contributed by atoms with van der Waals surface area (Å²) in [4.78, 5) is 23.1. The van der Waals surface area contributed by atoms with Gasteiger partial charge in [-0.05, 0) is 60.9 Å². The molecule has 1 aliphatic heterocycles. The number of ketones is 1. The standard InChI is InChI=1S/C23H25NO6S/c25-22(14-7-18-5-10-20(11-6-18)30-17-23(26)27)19-8-12-21(13-9-19)31(28,29)24-15-3-1-2-4-16-24/h5-14H,1-4,15-17H2,(H,26,27). The number of rotatable bonds is 8. The number of hydrogen-bond donors (Lipinski definition) is 1. The van der Waals surface area contributed by atoms with Gasteiger partial charge in [-0.1, -0.05) is 31.1 Å². The second-order valence-electron chi connectivity index (χ2n) is 7.29. The number of hydrogen-bond acceptors (Lipinski definition) is 5. The average Bonchev–Trinajstić information content (AvgIpc) is 3.07. The minimum absolute atomic E-state index is 0.201. The molecule has 7 nitrogen and oxygen atoms in total. The highest BCUT2D eigenvalue weighted by molar-refractivity contribution is 7.89. The van der Waals surface area contributed by atoms with Crippen molar-refractivity contribution >= 4 is 27.9 Å². The number of carbonyl (C=O) groups excluding carboxylic acids is 1. The predicted octanol–water partition coefficient (Wildman–Crippen LogP) is 3.61. The number of benzene rings is 2. The van der Waals surface area contributed by atoms with Crippen LogP contribution in [-0.4, -0.2) is 49.3 Å². The van der Waals surface area contributed by atoms with Gasteiger partial charge in [-0.25, -0.2) is 13.2 Å². The summed E-state index contributed by atoms with van der Waals surface area (Å²) in [5.41, 5.74) is 1.14. The molecule has 1 saturated heterocycles. The van der Waals surface area contributed by atoms with Crippen molar-refractivity contribution in [3.63, 3.8) is 0 Å². The first kappa shape index (κ1) is 22.7. The zero-order valence-electron chi connectivity index (χ0n) is 17.1. The van der Waals surface area contributed by atoms with E-state index in [1.807, 2.05) is 0 Å². The molecule has 1 fully saturated rings. The van der Waals surface area contributed by atoms with Crippen molar-refractivity contribution in [3.05, 3.63) is 65.7 Å². The zero-order chi connectivity index (χ0) is 22.3. The third-order valence-corrected chi connectivity index (χ3v) is 6.92. The van der Waals surface area contributed by atoms with E-state index in [0.717, 1.165) is 31.2 Å². The first-order valence-corrected chi connectivity index (χ1v) is 11.6. The molecule has 1 aliphatic rings. The molecule has 0 atom stereocenters. The van der Waals surface area contributed by atoms with E-state index in [9.17, 15) is 18.0 Å². The molecule has 0 aliphatic carbocycles. The smallest absolute Gasteiger partial charge is 0.341 e. The van der Waals surface area contributed by atoms with E-state index in [1.165, 1.54) is 34.6 Å². The van der Waals surface area contributed by atoms with Crippen LogP contribution in [0.5, 0.6) is 5.75 Å². The molecule has 31 heavy (non-hydrogen) atoms. The summed E-state index contributed by atoms with van der Waals surface area (Å²) < 4.78 is 32.2. The summed E-state index contributed by atoms with van der Waals surface area (Å²) >= 11 is 0. The molecule has 2 aromatic carbocycles. The van der Waals surface area contributed by atoms with Crippen molar-refractivity contribution in [1.82, 2.24) is 4.31 Å². The second-order valence-corrected chi connectivity index (χ2v) is 9.23. The third-order valence-electron chi connectivity index (χ3n) is 5.01. The van der Waals surface area contributed by atoms with Gasteiger partial charge in [-0.15, -0.1) is 0 Å². The first-order chi connectivity index (χ1) is 14.9. The summed E-state index contributed by atoms with van der Waals surface area (Å²) in [6, 6.07) is 12.7. The molecular formula is C23H25NO6S. The van der Waals surface area contributed by atoms with Gasteiger partial charge < -0.3 is 9.84 Å². The van der Waals surface area contributed by atoms with Gasteiger partial charge in [0.05, 0.1) is 4.90 Å². The molecule has 0 amide bonds. The Balaban J connectivity index is 1.64. The minimum Gasteiger partial charge on any atom is -0.482 e. The van der Waals surface area contributed by atoms with Crippen LogP contribution in [0.1, 0.15) is 41.6 Å². The summed E-state index contributed by atoms with van der Waals surface area (Å²) in [7, 11) is -3.54. The fraction of sp³-hybridized carbons (Fsp3) is 0.304. The number of carboxylic acids is 1. The number of aliphatic carboxylic acids is 1. The Bertz CT molecular complexity index is 1030. The van der Waals surface area contributed by atoms with E-state index in [1.54, 1.807) is 30.3 Å². The molecule has 0 bridgehead atoms. The van der Waals surface area contributed by atoms with Gasteiger partial charge in [0.2, 0.25) is 10.0 Å². The maximum atomic E-state index is 12.8. The molecule has 8 heteroatoms. The van der Waals surface area contributed by atoms with E-state index in [-0.39, 0.29) is 10.7 Å². The maximum absolute atomic E-state index is 12.8. The number of sulfonamides is 1. The van der Waals surface area contributed by atoms with Gasteiger partial charge in [0.1, 0.15) is 5.75 Å². The van der Waals surface area contributed by atoms with Crippen molar-refractivity contribution < 1.29 is 27.9 Å². The number of ether oxygens (including phenoxy) is 1. The van der Waals surface area contributed by atoms with Crippen molar-refractivity contribution in [1.29, 1.82) is 0 Å². The number of nitrogens with zero attached hydrogens (tertiary/aromatic N) is 1. The van der Waals surface area contributed by atoms with Crippen LogP contribution in [0.4, 0.5) is 0 Å². The lowest BCUT2D eigenvalue weighted by atomic mass is 10.1. The van der Waals surface area contributed by atoms with Crippen molar-refractivity contribution in [3.8, 4) is 5.75 Å². The van der Waals surface area contributed by atoms with Gasteiger partial charge in [0.25, 0.3) is 0 Å². The maximum Gasteiger partial charge on any atom is 0.341 e. The van der Waals surface area contributed by atoms with Crippen molar-refractivity contribution in [2.24, 2.45) is 0 Å². The highest BCUT2D eigenvalue weighted by atomic mass is 32.2. The molecular weight excluding hydrogens is 418 g/mol. The summed E-state index contributed by atoms with van der Waals surface area (Å²) in [6.45, 7) is 0.648. The molecule has 2 aromatic rings. The lowest BCUT2D eigenvalue weighted by Crippen LogP contribution is -2.31. The fourth-order valence-corrected chi connectivity index (χ4v) is 4.83. The van der Waals surface area contributed by atoms with Crippen LogP contribution in [0.2, 0.25) is 0 Å². The fourth-order valence-electron chi connectivity index (χ4n) is 3.31. The molecule has 3 rings (SSSR count). The summed E-state index contributed by atoms with van der Waals surface area (Å²) in [6.07, 6.45) is 6.87. The molecule has 1 heterocycles. The third kappa shape index (κ3) is 6.26. The highest BCUT2D eigenvalue weighted by Crippen LogP contribution is 2.21. The molecule has 0 radical (unpaired) electrons. The largest absolute Gasteiger partial charge is 0.482 e. The SMILES string of the molecule is O=C(O)COc1ccc(C=CC(=O)c2ccc(S(=O)(=O)N3CCCCCC3)cc2)cc1. The molecule has 0 saturated carbocycles. The van der Waals surface area contributed by atoms with Gasteiger partial charge in [0, 0.05) is 18.7 Å². The van der Waals surface area contributed by atoms with Crippen LogP contribution in [0.25, 0.3) is 6.08 Å². The summed E-state index contributed by atoms with van der Waals surface area (Å²) in [5.74, 6) is -0.878. The number of allylic oxidation sites excluding steroid dienone is 1. The van der Waals surface area contributed by atoms with Crippen LogP contribution in [0.3, 0.4) is 0 Å². The van der Waals surface area contributed by atoms with Crippen LogP contribution in [0.15, 0.2) is 59.5 Å². The van der Waals surface area contributed by atoms with Crippen molar-refractivity contribution in [2.75, 3.05) is 19.7 Å². The Labute approximate surface area is 182 Å². The van der Waals surface area contributed by atoms with Crippen LogP contribution in [-0.2, 0) is 14.8 Å². The average molecular weight is 444 g/mol. The Morgan fingerprint density at radius 3 is 2.13 bits per heavy atom. The predicted molar refractivity (Wildman–Crippen MR) is 117 cm³/mol. The van der Waals surface area contributed by atoms with Crippen LogP contribution in [0, 0.1) is 0 Å². The second kappa shape index (κ2) is 10.4. The van der Waals surface area contributed by atoms with E-state index >= 15 is 0 Å². The quantitative estimate of drug-likeness (QED) is 0.494. The molecule has 0 unspecified atom stereocenters. The number of carboxylic acid groups (broad SMARTS) is 1. The van der Waals surface area contributed by atoms with Crippen molar-refractivity contribution in [2.45, 2.75) is 30.6 Å². The Kier molecular flexibility index (Phi) is 7.59. The zero-order valence-corrected chi connectivity index (χ0v) is 17.9. The topological polar surface area (TPSA) is 101 Å². The lowest BCUT2D eigenvalue weighted by Gasteiger charge is -2.19. The Hall–Kier alpha value is -2.97. The first-order valence-electron chi connectivity index (χ1n) is 10.1. The van der Waals surface area contributed by atoms with Gasteiger partial charge in [0.15, 0.2) is 12.4 Å². The van der Waals surface area contributed by atoms with Gasteiger partial charge in [-0.3, -0.25) is 4.79 Å². The normalized spacial score (nSPS) is 15.5. The monoisotopic (exact) mass is 443 g/mol. The Morgan fingerprint density at radius 2 is 1.55 bits per heavy atom. The summed E-state index contributed by atoms with van der Waals surface area (Å²) in [5, 5.41) is 8.61. The molecule has 0 aromatic heterocycles. The van der Waals surface area contributed by atoms with E-state index in [2.05, 4.69) is 0 Å². The van der Waals surface area contributed by atoms with Crippen LogP contribution < -0.4 is 4.74 Å². The minimum atomic E-state index is -3.54. The molecule has 164 valence electrons. The lowest BCUT2D eigenvalue weighted by molar-refractivity contribution is -0.139. The molecule has 0 spiro atoms. The van der Waals surface area contributed by atoms with E-state index < -0.39 is 22.6 Å². The van der Waals surface area contributed by atoms with E-state index in [4.69, 9.17) is 9.84 Å². The van der Waals surface area contributed by atoms with E-state index in [0.29, 0.717) is 24.4 Å². The Morgan fingerprint density at radius 1 is 0.935 bits per heavy atom. The number of carbonyl (C=O) groups is 2. The van der Waals surface area contributed by atoms with Crippen LogP contribution >= 0.6 is 0 Å². The highest BCUT2D eigenvalue weighted by Gasteiger charge is 2.25. The van der Waals surface area contributed by atoms with Gasteiger partial charge >= 0.3 is 5.97 Å². The molecule has 1 N–H and O–H groups in total.